The molecule has 1 aromatic carbocycles. The lowest BCUT2D eigenvalue weighted by atomic mass is 10.1. The standard InChI is InChI=1S/C19H24N4O2/c1-25-17-11-7-6-10-15(17)22-18(24)16-12-13-20-19(23-16)21-14-8-4-2-3-5-9-14/h6-7,10-14H,2-5,8-9H2,1H3,(H,22,24)(H,20,21,23). The van der Waals surface area contributed by atoms with E-state index < -0.39 is 0 Å². The molecule has 0 unspecified atom stereocenters. The third kappa shape index (κ3) is 4.68. The van der Waals surface area contributed by atoms with Crippen LogP contribution in [0, 0.1) is 0 Å². The highest BCUT2D eigenvalue weighted by atomic mass is 16.5. The van der Waals surface area contributed by atoms with Crippen LogP contribution >= 0.6 is 0 Å². The van der Waals surface area contributed by atoms with E-state index >= 15 is 0 Å². The average Bonchev–Trinajstić information content (AvgIpc) is 2.91. The summed E-state index contributed by atoms with van der Waals surface area (Å²) in [6, 6.07) is 9.29. The molecule has 1 aliphatic rings. The number of anilines is 2. The van der Waals surface area contributed by atoms with Crippen LogP contribution in [0.25, 0.3) is 0 Å². The van der Waals surface area contributed by atoms with E-state index in [9.17, 15) is 4.79 Å². The first-order chi connectivity index (χ1) is 12.3. The van der Waals surface area contributed by atoms with Gasteiger partial charge in [-0.05, 0) is 31.0 Å². The van der Waals surface area contributed by atoms with Crippen LogP contribution < -0.4 is 15.4 Å². The molecule has 0 saturated heterocycles. The smallest absolute Gasteiger partial charge is 0.274 e. The molecule has 2 N–H and O–H groups in total. The van der Waals surface area contributed by atoms with Crippen molar-refractivity contribution in [3.63, 3.8) is 0 Å². The molecule has 0 spiro atoms. The number of nitrogens with zero attached hydrogens (tertiary/aromatic N) is 2. The van der Waals surface area contributed by atoms with Crippen molar-refractivity contribution < 1.29 is 9.53 Å². The molecule has 25 heavy (non-hydrogen) atoms. The van der Waals surface area contributed by atoms with E-state index in [1.165, 1.54) is 25.7 Å². The topological polar surface area (TPSA) is 76.1 Å². The molecule has 1 fully saturated rings. The Morgan fingerprint density at radius 2 is 1.88 bits per heavy atom. The third-order valence-electron chi connectivity index (χ3n) is 4.43. The van der Waals surface area contributed by atoms with Crippen LogP contribution in [0.1, 0.15) is 49.0 Å². The maximum atomic E-state index is 12.5. The number of nitrogens with one attached hydrogen (secondary N) is 2. The molecule has 6 nitrogen and oxygen atoms in total. The summed E-state index contributed by atoms with van der Waals surface area (Å²) in [4.78, 5) is 21.1. The van der Waals surface area contributed by atoms with Crippen molar-refractivity contribution in [2.75, 3.05) is 17.7 Å². The van der Waals surface area contributed by atoms with Crippen molar-refractivity contribution in [3.05, 3.63) is 42.2 Å². The van der Waals surface area contributed by atoms with Gasteiger partial charge in [0, 0.05) is 12.2 Å². The van der Waals surface area contributed by atoms with Gasteiger partial charge < -0.3 is 15.4 Å². The molecule has 1 heterocycles. The van der Waals surface area contributed by atoms with Gasteiger partial charge in [-0.15, -0.1) is 0 Å². The van der Waals surface area contributed by atoms with E-state index in [4.69, 9.17) is 4.74 Å². The molecular formula is C19H24N4O2. The van der Waals surface area contributed by atoms with E-state index in [1.807, 2.05) is 12.1 Å². The predicted octanol–water partition coefficient (Wildman–Crippen LogP) is 3.87. The summed E-state index contributed by atoms with van der Waals surface area (Å²) in [6.45, 7) is 0. The monoisotopic (exact) mass is 340 g/mol. The van der Waals surface area contributed by atoms with Crippen molar-refractivity contribution in [2.24, 2.45) is 0 Å². The summed E-state index contributed by atoms with van der Waals surface area (Å²) in [5, 5.41) is 6.21. The number of carbonyl (C=O) groups is 1. The maximum absolute atomic E-state index is 12.5. The van der Waals surface area contributed by atoms with Gasteiger partial charge in [-0.2, -0.15) is 0 Å². The molecule has 6 heteroatoms. The summed E-state index contributed by atoms with van der Waals surface area (Å²) in [7, 11) is 1.57. The van der Waals surface area contributed by atoms with Crippen molar-refractivity contribution in [2.45, 2.75) is 44.6 Å². The van der Waals surface area contributed by atoms with Gasteiger partial charge in [0.05, 0.1) is 12.8 Å². The van der Waals surface area contributed by atoms with Crippen LogP contribution in [-0.2, 0) is 0 Å². The van der Waals surface area contributed by atoms with Crippen molar-refractivity contribution >= 4 is 17.5 Å². The fraction of sp³-hybridized carbons (Fsp3) is 0.421. The van der Waals surface area contributed by atoms with Crippen molar-refractivity contribution in [1.29, 1.82) is 0 Å². The van der Waals surface area contributed by atoms with Crippen LogP contribution in [0.3, 0.4) is 0 Å². The van der Waals surface area contributed by atoms with Gasteiger partial charge >= 0.3 is 0 Å². The van der Waals surface area contributed by atoms with Crippen LogP contribution in [-0.4, -0.2) is 29.0 Å². The molecule has 3 rings (SSSR count). The van der Waals surface area contributed by atoms with E-state index in [2.05, 4.69) is 20.6 Å². The number of hydrogen-bond donors (Lipinski definition) is 2. The van der Waals surface area contributed by atoms with Gasteiger partial charge in [0.1, 0.15) is 11.4 Å². The molecule has 132 valence electrons. The maximum Gasteiger partial charge on any atom is 0.274 e. The van der Waals surface area contributed by atoms with E-state index in [-0.39, 0.29) is 5.91 Å². The Bertz CT molecular complexity index is 712. The zero-order valence-electron chi connectivity index (χ0n) is 14.5. The minimum Gasteiger partial charge on any atom is -0.495 e. The fourth-order valence-corrected chi connectivity index (χ4v) is 3.10. The Balaban J connectivity index is 1.68. The van der Waals surface area contributed by atoms with Gasteiger partial charge in [-0.1, -0.05) is 37.8 Å². The highest BCUT2D eigenvalue weighted by Crippen LogP contribution is 2.24. The third-order valence-corrected chi connectivity index (χ3v) is 4.43. The number of rotatable bonds is 5. The number of hydrogen-bond acceptors (Lipinski definition) is 5. The Morgan fingerprint density at radius 1 is 1.12 bits per heavy atom. The second kappa shape index (κ2) is 8.46. The number of methoxy groups -OCH3 is 1. The molecule has 1 aliphatic carbocycles. The first-order valence-corrected chi connectivity index (χ1v) is 8.80. The average molecular weight is 340 g/mol. The van der Waals surface area contributed by atoms with Crippen LogP contribution in [0.4, 0.5) is 11.6 Å². The summed E-state index contributed by atoms with van der Waals surface area (Å²) < 4.78 is 5.26. The van der Waals surface area contributed by atoms with Crippen molar-refractivity contribution in [3.8, 4) is 5.75 Å². The normalized spacial score (nSPS) is 15.2. The van der Waals surface area contributed by atoms with Gasteiger partial charge in [-0.25, -0.2) is 9.97 Å². The zero-order chi connectivity index (χ0) is 17.5. The summed E-state index contributed by atoms with van der Waals surface area (Å²) in [6.07, 6.45) is 8.91. The number of para-hydroxylation sites is 2. The lowest BCUT2D eigenvalue weighted by Crippen LogP contribution is -2.21. The molecule has 1 aromatic heterocycles. The first kappa shape index (κ1) is 17.2. The largest absolute Gasteiger partial charge is 0.495 e. The molecule has 0 radical (unpaired) electrons. The number of aromatic nitrogens is 2. The molecule has 0 bridgehead atoms. The van der Waals surface area contributed by atoms with E-state index in [1.54, 1.807) is 31.5 Å². The SMILES string of the molecule is COc1ccccc1NC(=O)c1ccnc(NC2CCCCCC2)n1. The van der Waals surface area contributed by atoms with Crippen LogP contribution in [0.5, 0.6) is 5.75 Å². The summed E-state index contributed by atoms with van der Waals surface area (Å²) in [5.41, 5.74) is 0.948. The Morgan fingerprint density at radius 3 is 2.64 bits per heavy atom. The number of ether oxygens (including phenoxy) is 1. The Hall–Kier alpha value is -2.63. The lowest BCUT2D eigenvalue weighted by Gasteiger charge is -2.16. The lowest BCUT2D eigenvalue weighted by molar-refractivity contribution is 0.102. The van der Waals surface area contributed by atoms with E-state index in [0.29, 0.717) is 29.1 Å². The number of benzene rings is 1. The highest BCUT2D eigenvalue weighted by molar-refractivity contribution is 6.03. The molecule has 2 aromatic rings. The van der Waals surface area contributed by atoms with E-state index in [0.717, 1.165) is 12.8 Å². The molecule has 1 saturated carbocycles. The van der Waals surface area contributed by atoms with Crippen LogP contribution in [0.2, 0.25) is 0 Å². The molecular weight excluding hydrogens is 316 g/mol. The van der Waals surface area contributed by atoms with Gasteiger partial charge in [0.25, 0.3) is 5.91 Å². The molecule has 1 amide bonds. The van der Waals surface area contributed by atoms with Gasteiger partial charge in [0.15, 0.2) is 0 Å². The Kier molecular flexibility index (Phi) is 5.82. The summed E-state index contributed by atoms with van der Waals surface area (Å²) >= 11 is 0. The minimum absolute atomic E-state index is 0.282. The molecule has 0 aliphatic heterocycles. The Labute approximate surface area is 148 Å². The van der Waals surface area contributed by atoms with Gasteiger partial charge in [-0.3, -0.25) is 4.79 Å². The number of amides is 1. The zero-order valence-corrected chi connectivity index (χ0v) is 14.5. The van der Waals surface area contributed by atoms with Crippen LogP contribution in [0.15, 0.2) is 36.5 Å². The first-order valence-electron chi connectivity index (χ1n) is 8.80. The second-order valence-electron chi connectivity index (χ2n) is 6.25. The summed E-state index contributed by atoms with van der Waals surface area (Å²) in [5.74, 6) is 0.845. The van der Waals surface area contributed by atoms with Crippen molar-refractivity contribution in [1.82, 2.24) is 9.97 Å². The number of carbonyl (C=O) groups excluding carboxylic acids is 1. The quantitative estimate of drug-likeness (QED) is 0.808. The fourth-order valence-electron chi connectivity index (χ4n) is 3.10. The predicted molar refractivity (Wildman–Crippen MR) is 98.1 cm³/mol. The highest BCUT2D eigenvalue weighted by Gasteiger charge is 2.15. The minimum atomic E-state index is -0.282. The van der Waals surface area contributed by atoms with Gasteiger partial charge in [0.2, 0.25) is 5.95 Å². The second-order valence-corrected chi connectivity index (χ2v) is 6.25. The molecule has 0 atom stereocenters.